The molecule has 1 unspecified atom stereocenters. The number of aromatic hydroxyl groups is 1. The summed E-state index contributed by atoms with van der Waals surface area (Å²) in [4.78, 5) is 24.9. The number of esters is 1. The number of carbonyl (C=O) groups excluding carboxylic acids is 2. The number of phenols is 1. The van der Waals surface area contributed by atoms with Gasteiger partial charge in [0, 0.05) is 12.0 Å². The number of nitrogens with one attached hydrogen (secondary N) is 1. The Morgan fingerprint density at radius 3 is 2.52 bits per heavy atom. The van der Waals surface area contributed by atoms with Crippen molar-refractivity contribution in [3.8, 4) is 5.75 Å². The number of fused-ring (bicyclic) bond motifs is 1. The molecule has 2 N–H and O–H groups in total. The minimum atomic E-state index is -0.391. The molecular weight excluding hydrogens is 342 g/mol. The summed E-state index contributed by atoms with van der Waals surface area (Å²) in [5.74, 6) is -0.746. The van der Waals surface area contributed by atoms with Crippen LogP contribution in [0.4, 0.5) is 5.69 Å². The van der Waals surface area contributed by atoms with Gasteiger partial charge in [-0.1, -0.05) is 42.5 Å². The number of cyclic esters (lactones) is 1. The van der Waals surface area contributed by atoms with E-state index < -0.39 is 5.97 Å². The number of anilines is 1. The Hall–Kier alpha value is -3.60. The molecule has 1 aliphatic rings. The lowest BCUT2D eigenvalue weighted by Crippen LogP contribution is -2.23. The van der Waals surface area contributed by atoms with Gasteiger partial charge < -0.3 is 15.2 Å². The molecule has 1 amide bonds. The van der Waals surface area contributed by atoms with Gasteiger partial charge in [-0.2, -0.15) is 0 Å². The topological polar surface area (TPSA) is 75.6 Å². The van der Waals surface area contributed by atoms with Crippen molar-refractivity contribution in [2.45, 2.75) is 12.5 Å². The fraction of sp³-hybridized carbons (Fsp3) is 0.0909. The fourth-order valence-electron chi connectivity index (χ4n) is 3.16. The molecule has 0 radical (unpaired) electrons. The normalized spacial score (nSPS) is 15.6. The van der Waals surface area contributed by atoms with Crippen LogP contribution in [0.1, 0.15) is 37.9 Å². The SMILES string of the molecule is O=C(Nc1ccccc1O)c1ccc2c(c1)CC(c1ccccc1)OC2=O. The quantitative estimate of drug-likeness (QED) is 0.545. The van der Waals surface area contributed by atoms with Gasteiger partial charge in [-0.3, -0.25) is 4.79 Å². The number of carbonyl (C=O) groups is 2. The van der Waals surface area contributed by atoms with Gasteiger partial charge in [-0.25, -0.2) is 4.79 Å². The van der Waals surface area contributed by atoms with E-state index in [4.69, 9.17) is 4.74 Å². The molecule has 4 rings (SSSR count). The zero-order chi connectivity index (χ0) is 18.8. The molecule has 0 spiro atoms. The number of ether oxygens (including phenoxy) is 1. The van der Waals surface area contributed by atoms with Crippen LogP contribution in [-0.4, -0.2) is 17.0 Å². The van der Waals surface area contributed by atoms with E-state index in [1.807, 2.05) is 30.3 Å². The highest BCUT2D eigenvalue weighted by molar-refractivity contribution is 6.06. The Morgan fingerprint density at radius 1 is 1.00 bits per heavy atom. The Labute approximate surface area is 156 Å². The summed E-state index contributed by atoms with van der Waals surface area (Å²) in [6.45, 7) is 0. The molecule has 1 atom stereocenters. The molecule has 1 aliphatic heterocycles. The summed E-state index contributed by atoms with van der Waals surface area (Å²) >= 11 is 0. The number of benzene rings is 3. The Balaban J connectivity index is 1.60. The summed E-state index contributed by atoms with van der Waals surface area (Å²) in [6.07, 6.45) is 0.130. The predicted octanol–water partition coefficient (Wildman–Crippen LogP) is 4.10. The van der Waals surface area contributed by atoms with Crippen molar-refractivity contribution in [2.75, 3.05) is 5.32 Å². The van der Waals surface area contributed by atoms with Crippen LogP contribution in [0.25, 0.3) is 0 Å². The number of rotatable bonds is 3. The lowest BCUT2D eigenvalue weighted by molar-refractivity contribution is 0.0252. The van der Waals surface area contributed by atoms with Crippen molar-refractivity contribution in [3.63, 3.8) is 0 Å². The van der Waals surface area contributed by atoms with Gasteiger partial charge in [0.05, 0.1) is 11.3 Å². The minimum Gasteiger partial charge on any atom is -0.506 e. The average molecular weight is 359 g/mol. The second-order valence-corrected chi connectivity index (χ2v) is 6.35. The molecule has 5 nitrogen and oxygen atoms in total. The molecule has 27 heavy (non-hydrogen) atoms. The highest BCUT2D eigenvalue weighted by Gasteiger charge is 2.28. The third kappa shape index (κ3) is 3.40. The summed E-state index contributed by atoms with van der Waals surface area (Å²) in [5.41, 5.74) is 2.91. The Bertz CT molecular complexity index is 1010. The van der Waals surface area contributed by atoms with Crippen LogP contribution in [0.15, 0.2) is 72.8 Å². The molecule has 134 valence electrons. The number of hydrogen-bond donors (Lipinski definition) is 2. The Morgan fingerprint density at radius 2 is 1.74 bits per heavy atom. The van der Waals surface area contributed by atoms with Gasteiger partial charge in [0.1, 0.15) is 11.9 Å². The van der Waals surface area contributed by atoms with E-state index in [9.17, 15) is 14.7 Å². The van der Waals surface area contributed by atoms with E-state index in [1.165, 1.54) is 6.07 Å². The molecule has 1 heterocycles. The lowest BCUT2D eigenvalue weighted by Gasteiger charge is -2.25. The first kappa shape index (κ1) is 16.8. The highest BCUT2D eigenvalue weighted by Crippen LogP contribution is 2.31. The molecule has 0 saturated carbocycles. The van der Waals surface area contributed by atoms with Gasteiger partial charge in [0.15, 0.2) is 0 Å². The van der Waals surface area contributed by atoms with Crippen molar-refractivity contribution in [3.05, 3.63) is 95.1 Å². The fourth-order valence-corrected chi connectivity index (χ4v) is 3.16. The van der Waals surface area contributed by atoms with Crippen LogP contribution >= 0.6 is 0 Å². The van der Waals surface area contributed by atoms with Gasteiger partial charge in [0.2, 0.25) is 0 Å². The van der Waals surface area contributed by atoms with E-state index >= 15 is 0 Å². The van der Waals surface area contributed by atoms with Crippen molar-refractivity contribution < 1.29 is 19.4 Å². The minimum absolute atomic E-state index is 0.00321. The smallest absolute Gasteiger partial charge is 0.339 e. The molecule has 0 fully saturated rings. The van der Waals surface area contributed by atoms with Crippen LogP contribution in [0, 0.1) is 0 Å². The van der Waals surface area contributed by atoms with Crippen LogP contribution in [-0.2, 0) is 11.2 Å². The summed E-state index contributed by atoms with van der Waals surface area (Å²) in [7, 11) is 0. The number of para-hydroxylation sites is 2. The van der Waals surface area contributed by atoms with Crippen molar-refractivity contribution >= 4 is 17.6 Å². The number of phenolic OH excluding ortho intramolecular Hbond substituents is 1. The lowest BCUT2D eigenvalue weighted by atomic mass is 9.93. The van der Waals surface area contributed by atoms with Gasteiger partial charge in [-0.05, 0) is 41.5 Å². The zero-order valence-electron chi connectivity index (χ0n) is 14.4. The first-order chi connectivity index (χ1) is 13.1. The van der Waals surface area contributed by atoms with Crippen molar-refractivity contribution in [2.24, 2.45) is 0 Å². The van der Waals surface area contributed by atoms with Gasteiger partial charge >= 0.3 is 5.97 Å². The van der Waals surface area contributed by atoms with Crippen molar-refractivity contribution in [1.82, 2.24) is 0 Å². The average Bonchev–Trinajstić information content (AvgIpc) is 2.70. The maximum atomic E-state index is 12.5. The van der Waals surface area contributed by atoms with E-state index in [0.717, 1.165) is 11.1 Å². The van der Waals surface area contributed by atoms with Crippen LogP contribution in [0.3, 0.4) is 0 Å². The molecule has 3 aromatic rings. The molecule has 3 aromatic carbocycles. The summed E-state index contributed by atoms with van der Waals surface area (Å²) < 4.78 is 5.54. The second kappa shape index (κ2) is 6.96. The zero-order valence-corrected chi connectivity index (χ0v) is 14.4. The second-order valence-electron chi connectivity index (χ2n) is 6.35. The monoisotopic (exact) mass is 359 g/mol. The van der Waals surface area contributed by atoms with E-state index in [2.05, 4.69) is 5.32 Å². The molecular formula is C22H17NO4. The standard InChI is InChI=1S/C22H17NO4/c24-19-9-5-4-8-18(19)23-21(25)15-10-11-17-16(12-15)13-20(27-22(17)26)14-6-2-1-3-7-14/h1-12,20,24H,13H2,(H,23,25). The largest absolute Gasteiger partial charge is 0.506 e. The summed E-state index contributed by atoms with van der Waals surface area (Å²) in [6, 6.07) is 21.0. The highest BCUT2D eigenvalue weighted by atomic mass is 16.5. The molecule has 0 bridgehead atoms. The maximum absolute atomic E-state index is 12.5. The van der Waals surface area contributed by atoms with Gasteiger partial charge in [-0.15, -0.1) is 0 Å². The first-order valence-corrected chi connectivity index (χ1v) is 8.60. The summed E-state index contributed by atoms with van der Waals surface area (Å²) in [5, 5.41) is 12.5. The predicted molar refractivity (Wildman–Crippen MR) is 101 cm³/mol. The third-order valence-electron chi connectivity index (χ3n) is 4.57. The van der Waals surface area contributed by atoms with Gasteiger partial charge in [0.25, 0.3) is 5.91 Å². The van der Waals surface area contributed by atoms with Crippen LogP contribution < -0.4 is 5.32 Å². The molecule has 0 aromatic heterocycles. The molecule has 0 aliphatic carbocycles. The van der Waals surface area contributed by atoms with Crippen molar-refractivity contribution in [1.29, 1.82) is 0 Å². The van der Waals surface area contributed by atoms with E-state index in [-0.39, 0.29) is 17.8 Å². The molecule has 5 heteroatoms. The third-order valence-corrected chi connectivity index (χ3v) is 4.57. The van der Waals surface area contributed by atoms with E-state index in [0.29, 0.717) is 23.2 Å². The number of amides is 1. The Kier molecular flexibility index (Phi) is 4.34. The maximum Gasteiger partial charge on any atom is 0.339 e. The first-order valence-electron chi connectivity index (χ1n) is 8.60. The molecule has 0 saturated heterocycles. The number of hydrogen-bond acceptors (Lipinski definition) is 4. The van der Waals surface area contributed by atoms with E-state index in [1.54, 1.807) is 36.4 Å². The van der Waals surface area contributed by atoms with Crippen LogP contribution in [0.2, 0.25) is 0 Å². The van der Waals surface area contributed by atoms with Crippen LogP contribution in [0.5, 0.6) is 5.75 Å².